The first-order valence-corrected chi connectivity index (χ1v) is 7.50. The van der Waals surface area contributed by atoms with Gasteiger partial charge in [0.25, 0.3) is 0 Å². The molecule has 6 heteroatoms. The normalized spacial score (nSPS) is 10.4. The van der Waals surface area contributed by atoms with Gasteiger partial charge in [-0.15, -0.1) is 0 Å². The minimum Gasteiger partial charge on any atom is -0.308 e. The summed E-state index contributed by atoms with van der Waals surface area (Å²) in [5.74, 6) is -0.269. The molecule has 122 valence electrons. The van der Waals surface area contributed by atoms with E-state index >= 15 is 0 Å². The van der Waals surface area contributed by atoms with Crippen molar-refractivity contribution in [2.45, 2.75) is 13.5 Å². The molecule has 0 unspecified atom stereocenters. The minimum atomic E-state index is -0.333. The average Bonchev–Trinajstić information content (AvgIpc) is 2.99. The number of hydrogen-bond donors (Lipinski definition) is 2. The number of amides is 2. The van der Waals surface area contributed by atoms with Crippen LogP contribution in [0, 0.1) is 12.7 Å². The van der Waals surface area contributed by atoms with Gasteiger partial charge in [-0.05, 0) is 36.8 Å². The van der Waals surface area contributed by atoms with E-state index in [2.05, 4.69) is 15.7 Å². The summed E-state index contributed by atoms with van der Waals surface area (Å²) in [4.78, 5) is 12.0. The Kier molecular flexibility index (Phi) is 4.56. The summed E-state index contributed by atoms with van der Waals surface area (Å²) in [6.45, 7) is 2.49. The largest absolute Gasteiger partial charge is 0.323 e. The molecule has 2 N–H and O–H groups in total. The number of halogens is 1. The molecule has 0 radical (unpaired) electrons. The molecule has 3 rings (SSSR count). The summed E-state index contributed by atoms with van der Waals surface area (Å²) < 4.78 is 14.6. The van der Waals surface area contributed by atoms with Crippen LogP contribution in [0.15, 0.2) is 60.9 Å². The van der Waals surface area contributed by atoms with Crippen molar-refractivity contribution in [2.75, 3.05) is 10.6 Å². The van der Waals surface area contributed by atoms with Crippen LogP contribution in [0.1, 0.15) is 11.1 Å². The quantitative estimate of drug-likeness (QED) is 0.761. The Morgan fingerprint density at radius 3 is 2.42 bits per heavy atom. The maximum Gasteiger partial charge on any atom is 0.323 e. The summed E-state index contributed by atoms with van der Waals surface area (Å²) >= 11 is 0. The Bertz CT molecular complexity index is 825. The number of hydrogen-bond acceptors (Lipinski definition) is 2. The standard InChI is InChI=1S/C18H17FN4O/c1-13-2-8-16(9-3-13)21-18(24)22-17-10-20-23(12-17)11-14-4-6-15(19)7-5-14/h2-10,12H,11H2,1H3,(H2,21,22,24). The zero-order chi connectivity index (χ0) is 16.9. The van der Waals surface area contributed by atoms with Gasteiger partial charge in [0.2, 0.25) is 0 Å². The summed E-state index contributed by atoms with van der Waals surface area (Å²) in [6.07, 6.45) is 3.29. The van der Waals surface area contributed by atoms with E-state index in [4.69, 9.17) is 0 Å². The number of aromatic nitrogens is 2. The molecule has 2 amide bonds. The Labute approximate surface area is 139 Å². The van der Waals surface area contributed by atoms with Crippen molar-refractivity contribution < 1.29 is 9.18 Å². The summed E-state index contributed by atoms with van der Waals surface area (Å²) in [7, 11) is 0. The predicted octanol–water partition coefficient (Wildman–Crippen LogP) is 4.02. The van der Waals surface area contributed by atoms with E-state index < -0.39 is 0 Å². The van der Waals surface area contributed by atoms with Gasteiger partial charge in [0, 0.05) is 11.9 Å². The lowest BCUT2D eigenvalue weighted by atomic mass is 10.2. The van der Waals surface area contributed by atoms with Crippen LogP contribution in [-0.4, -0.2) is 15.8 Å². The maximum absolute atomic E-state index is 12.9. The number of carbonyl (C=O) groups is 1. The van der Waals surface area contributed by atoms with Crippen molar-refractivity contribution in [1.82, 2.24) is 9.78 Å². The highest BCUT2D eigenvalue weighted by Gasteiger charge is 2.05. The third kappa shape index (κ3) is 4.19. The lowest BCUT2D eigenvalue weighted by Gasteiger charge is -2.06. The fourth-order valence-corrected chi connectivity index (χ4v) is 2.22. The lowest BCUT2D eigenvalue weighted by Crippen LogP contribution is -2.19. The van der Waals surface area contributed by atoms with Gasteiger partial charge in [-0.1, -0.05) is 29.8 Å². The number of nitrogens with zero attached hydrogens (tertiary/aromatic N) is 2. The van der Waals surface area contributed by atoms with E-state index in [1.54, 1.807) is 29.2 Å². The van der Waals surface area contributed by atoms with Crippen LogP contribution < -0.4 is 10.6 Å². The molecule has 1 aromatic heterocycles. The van der Waals surface area contributed by atoms with E-state index in [0.29, 0.717) is 12.2 Å². The number of carbonyl (C=O) groups excluding carboxylic acids is 1. The molecule has 5 nitrogen and oxygen atoms in total. The van der Waals surface area contributed by atoms with E-state index in [-0.39, 0.29) is 11.8 Å². The smallest absolute Gasteiger partial charge is 0.308 e. The van der Waals surface area contributed by atoms with Gasteiger partial charge in [-0.25, -0.2) is 9.18 Å². The predicted molar refractivity (Wildman–Crippen MR) is 91.5 cm³/mol. The highest BCUT2D eigenvalue weighted by molar-refractivity contribution is 5.99. The zero-order valence-electron chi connectivity index (χ0n) is 13.2. The fourth-order valence-electron chi connectivity index (χ4n) is 2.22. The zero-order valence-corrected chi connectivity index (χ0v) is 13.2. The molecule has 0 saturated heterocycles. The monoisotopic (exact) mass is 324 g/mol. The number of urea groups is 1. The molecule has 0 aliphatic heterocycles. The van der Waals surface area contributed by atoms with E-state index in [0.717, 1.165) is 16.8 Å². The number of anilines is 2. The molecule has 0 spiro atoms. The summed E-state index contributed by atoms with van der Waals surface area (Å²) in [6, 6.07) is 13.4. The van der Waals surface area contributed by atoms with Crippen LogP contribution in [0.2, 0.25) is 0 Å². The molecule has 0 saturated carbocycles. The third-order valence-corrected chi connectivity index (χ3v) is 3.46. The highest BCUT2D eigenvalue weighted by atomic mass is 19.1. The van der Waals surface area contributed by atoms with Crippen molar-refractivity contribution in [3.8, 4) is 0 Å². The first-order valence-electron chi connectivity index (χ1n) is 7.50. The van der Waals surface area contributed by atoms with E-state index in [1.165, 1.54) is 12.1 Å². The van der Waals surface area contributed by atoms with Gasteiger partial charge < -0.3 is 10.6 Å². The van der Waals surface area contributed by atoms with E-state index in [9.17, 15) is 9.18 Å². The van der Waals surface area contributed by atoms with Crippen LogP contribution in [-0.2, 0) is 6.54 Å². The molecule has 3 aromatic rings. The molecule has 0 aliphatic rings. The Morgan fingerprint density at radius 1 is 1.04 bits per heavy atom. The van der Waals surface area contributed by atoms with Gasteiger partial charge in [-0.3, -0.25) is 4.68 Å². The third-order valence-electron chi connectivity index (χ3n) is 3.46. The van der Waals surface area contributed by atoms with Crippen molar-refractivity contribution in [3.05, 3.63) is 77.9 Å². The van der Waals surface area contributed by atoms with Gasteiger partial charge in [0.1, 0.15) is 5.82 Å². The number of aryl methyl sites for hydroxylation is 1. The van der Waals surface area contributed by atoms with Crippen LogP contribution in [0.25, 0.3) is 0 Å². The summed E-state index contributed by atoms with van der Waals surface area (Å²) in [5.41, 5.74) is 3.36. The molecular formula is C18H17FN4O. The van der Waals surface area contributed by atoms with Gasteiger partial charge in [0.05, 0.1) is 18.4 Å². The van der Waals surface area contributed by atoms with Crippen LogP contribution >= 0.6 is 0 Å². The molecule has 0 aliphatic carbocycles. The van der Waals surface area contributed by atoms with Crippen molar-refractivity contribution in [1.29, 1.82) is 0 Å². The first kappa shape index (κ1) is 15.7. The fraction of sp³-hybridized carbons (Fsp3) is 0.111. The van der Waals surface area contributed by atoms with Crippen LogP contribution in [0.4, 0.5) is 20.6 Å². The second-order valence-electron chi connectivity index (χ2n) is 5.50. The van der Waals surface area contributed by atoms with Crippen molar-refractivity contribution >= 4 is 17.4 Å². The molecule has 0 atom stereocenters. The van der Waals surface area contributed by atoms with Gasteiger partial charge in [0.15, 0.2) is 0 Å². The number of rotatable bonds is 4. The molecule has 0 bridgehead atoms. The SMILES string of the molecule is Cc1ccc(NC(=O)Nc2cnn(Cc3ccc(F)cc3)c2)cc1. The number of benzene rings is 2. The molecular weight excluding hydrogens is 307 g/mol. The van der Waals surface area contributed by atoms with Gasteiger partial charge in [-0.2, -0.15) is 5.10 Å². The second kappa shape index (κ2) is 6.95. The van der Waals surface area contributed by atoms with Crippen molar-refractivity contribution in [2.24, 2.45) is 0 Å². The highest BCUT2D eigenvalue weighted by Crippen LogP contribution is 2.11. The molecule has 24 heavy (non-hydrogen) atoms. The molecule has 2 aromatic carbocycles. The Hall–Kier alpha value is -3.15. The Balaban J connectivity index is 1.58. The van der Waals surface area contributed by atoms with Crippen LogP contribution in [0.5, 0.6) is 0 Å². The van der Waals surface area contributed by atoms with E-state index in [1.807, 2.05) is 31.2 Å². The maximum atomic E-state index is 12.9. The first-order chi connectivity index (χ1) is 11.6. The molecule has 1 heterocycles. The minimum absolute atomic E-state index is 0.269. The van der Waals surface area contributed by atoms with Crippen molar-refractivity contribution in [3.63, 3.8) is 0 Å². The lowest BCUT2D eigenvalue weighted by molar-refractivity contribution is 0.262. The average molecular weight is 324 g/mol. The second-order valence-corrected chi connectivity index (χ2v) is 5.50. The Morgan fingerprint density at radius 2 is 1.71 bits per heavy atom. The summed E-state index contributed by atoms with van der Waals surface area (Å²) in [5, 5.41) is 9.67. The molecule has 0 fully saturated rings. The topological polar surface area (TPSA) is 59.0 Å². The van der Waals surface area contributed by atoms with Gasteiger partial charge >= 0.3 is 6.03 Å². The van der Waals surface area contributed by atoms with Crippen LogP contribution in [0.3, 0.4) is 0 Å². The number of nitrogens with one attached hydrogen (secondary N) is 2.